The third-order valence-corrected chi connectivity index (χ3v) is 14.9. The number of carbonyl (C=O) groups is 6. The van der Waals surface area contributed by atoms with Crippen LogP contribution in [0.2, 0.25) is 20.1 Å². The van der Waals surface area contributed by atoms with Crippen molar-refractivity contribution in [2.45, 2.75) is 88.4 Å². The number of aliphatic carboxylic acids is 1. The number of allylic oxidation sites excluding steroid dienone is 1. The van der Waals surface area contributed by atoms with Crippen molar-refractivity contribution in [3.63, 3.8) is 0 Å². The van der Waals surface area contributed by atoms with Crippen molar-refractivity contribution < 1.29 is 38.6 Å². The second kappa shape index (κ2) is 25.8. The monoisotopic (exact) mass is 1060 g/mol. The predicted molar refractivity (Wildman–Crippen MR) is 282 cm³/mol. The zero-order valence-electron chi connectivity index (χ0n) is 40.4. The number of nitrogens with zero attached hydrogens (tertiary/aromatic N) is 4. The van der Waals surface area contributed by atoms with E-state index in [1.807, 2.05) is 60.3 Å². The molecule has 3 aliphatic heterocycles. The number of anilines is 1. The van der Waals surface area contributed by atoms with E-state index in [9.17, 15) is 28.8 Å². The minimum absolute atomic E-state index is 0.0285. The number of aryl methyl sites for hydroxylation is 1. The number of likely N-dealkylation sites (N-methyl/N-ethyl adjacent to an activating group) is 2. The first-order valence-electron chi connectivity index (χ1n) is 23.8. The first kappa shape index (κ1) is 55.6. The molecular formula is C54H60Cl4N6O8. The van der Waals surface area contributed by atoms with Crippen LogP contribution < -0.4 is 11.1 Å². The van der Waals surface area contributed by atoms with E-state index in [1.54, 1.807) is 24.3 Å². The second-order valence-electron chi connectivity index (χ2n) is 18.4. The predicted octanol–water partition coefficient (Wildman–Crippen LogP) is 8.93. The topological polar surface area (TPSA) is 183 Å². The van der Waals surface area contributed by atoms with Crippen LogP contribution in [0.4, 0.5) is 5.69 Å². The first-order chi connectivity index (χ1) is 34.3. The van der Waals surface area contributed by atoms with Gasteiger partial charge >= 0.3 is 17.9 Å². The highest BCUT2D eigenvalue weighted by atomic mass is 35.5. The lowest BCUT2D eigenvalue weighted by Crippen LogP contribution is -2.54. The Bertz CT molecular complexity index is 2660. The highest BCUT2D eigenvalue weighted by molar-refractivity contribution is 6.42. The molecule has 3 amide bonds. The van der Waals surface area contributed by atoms with E-state index in [0.717, 1.165) is 122 Å². The number of carbonyl (C=O) groups excluding carboxylic acids is 5. The maximum absolute atomic E-state index is 13.5. The van der Waals surface area contributed by atoms with Gasteiger partial charge in [0.05, 0.1) is 45.0 Å². The third kappa shape index (κ3) is 14.9. The molecule has 0 aromatic heterocycles. The summed E-state index contributed by atoms with van der Waals surface area (Å²) in [4.78, 5) is 78.1. The number of amides is 3. The minimum Gasteiger partial charge on any atom is -0.478 e. The van der Waals surface area contributed by atoms with E-state index in [0.29, 0.717) is 31.5 Å². The lowest BCUT2D eigenvalue weighted by atomic mass is 9.80. The van der Waals surface area contributed by atoms with Crippen LogP contribution in [0.5, 0.6) is 0 Å². The van der Waals surface area contributed by atoms with Gasteiger partial charge in [-0.15, -0.1) is 0 Å². The fourth-order valence-electron chi connectivity index (χ4n) is 9.96. The Balaban J connectivity index is 0.000000210. The number of nitrogens with one attached hydrogen (secondary N) is 1. The quantitative estimate of drug-likeness (QED) is 0.0895. The molecule has 5 aliphatic rings. The summed E-state index contributed by atoms with van der Waals surface area (Å²) in [5.74, 6) is -2.87. The molecule has 3 heterocycles. The number of nitrogens with two attached hydrogens (primary N) is 1. The van der Waals surface area contributed by atoms with Crippen molar-refractivity contribution in [2.24, 2.45) is 5.73 Å². The van der Waals surface area contributed by atoms with Crippen molar-refractivity contribution in [1.29, 1.82) is 0 Å². The summed E-state index contributed by atoms with van der Waals surface area (Å²) in [5, 5.41) is 13.3. The lowest BCUT2D eigenvalue weighted by molar-refractivity contribution is -0.150. The summed E-state index contributed by atoms with van der Waals surface area (Å²) in [6, 6.07) is 16.4. The zero-order chi connectivity index (χ0) is 52.2. The molecule has 0 radical (unpaired) electrons. The van der Waals surface area contributed by atoms with E-state index in [1.165, 1.54) is 12.8 Å². The fourth-order valence-corrected chi connectivity index (χ4v) is 10.6. The van der Waals surface area contributed by atoms with Crippen molar-refractivity contribution in [1.82, 2.24) is 19.6 Å². The Kier molecular flexibility index (Phi) is 19.9. The molecule has 3 fully saturated rings. The number of esters is 2. The van der Waals surface area contributed by atoms with Crippen LogP contribution in [-0.2, 0) is 52.8 Å². The zero-order valence-corrected chi connectivity index (χ0v) is 43.4. The van der Waals surface area contributed by atoms with Gasteiger partial charge in [0.25, 0.3) is 0 Å². The molecular weight excluding hydrogens is 1000 g/mol. The van der Waals surface area contributed by atoms with Gasteiger partial charge in [0.15, 0.2) is 0 Å². The van der Waals surface area contributed by atoms with Gasteiger partial charge in [-0.25, -0.2) is 14.4 Å². The summed E-state index contributed by atoms with van der Waals surface area (Å²) in [7, 11) is 3.71. The third-order valence-electron chi connectivity index (χ3n) is 13.4. The number of halogens is 4. The van der Waals surface area contributed by atoms with Gasteiger partial charge in [0.2, 0.25) is 17.7 Å². The lowest BCUT2D eigenvalue weighted by Gasteiger charge is -2.44. The smallest absolute Gasteiger partial charge is 0.338 e. The SMILES string of the molecule is C=C(N)/C=C1\C(=C)CCC(N2CCCC2)C1N(C)C(=O)Cc1ccc(Cl)c(Cl)c1.CN(C(=O)Cc1ccc(Cl)c(Cl)c1)C1c2cc(NC(=O)/C=C\C(=O)O)ccc2CCC1N1CCCC1.O=C1C=CC(=O)O1. The number of carboxylic acid groups (broad SMARTS) is 1. The van der Waals surface area contributed by atoms with Crippen LogP contribution >= 0.6 is 46.4 Å². The van der Waals surface area contributed by atoms with E-state index < -0.39 is 23.8 Å². The Morgan fingerprint density at radius 1 is 0.736 bits per heavy atom. The average Bonchev–Trinajstić information content (AvgIpc) is 4.16. The van der Waals surface area contributed by atoms with Gasteiger partial charge in [-0.1, -0.05) is 77.8 Å². The number of rotatable bonds is 12. The molecule has 2 saturated heterocycles. The van der Waals surface area contributed by atoms with Crippen molar-refractivity contribution in [3.8, 4) is 0 Å². The number of cyclic esters (lactones) is 2. The van der Waals surface area contributed by atoms with E-state index in [-0.39, 0.29) is 48.8 Å². The molecule has 14 nitrogen and oxygen atoms in total. The normalized spacial score (nSPS) is 21.3. The molecule has 4 atom stereocenters. The van der Waals surface area contributed by atoms with Crippen LogP contribution in [0.25, 0.3) is 0 Å². The highest BCUT2D eigenvalue weighted by Gasteiger charge is 2.41. The maximum Gasteiger partial charge on any atom is 0.338 e. The van der Waals surface area contributed by atoms with Gasteiger partial charge in [0.1, 0.15) is 0 Å². The van der Waals surface area contributed by atoms with Gasteiger partial charge in [-0.05, 0) is 153 Å². The van der Waals surface area contributed by atoms with E-state index >= 15 is 0 Å². The van der Waals surface area contributed by atoms with Crippen LogP contribution in [0.15, 0.2) is 115 Å². The second-order valence-corrected chi connectivity index (χ2v) is 20.0. The van der Waals surface area contributed by atoms with E-state index in [2.05, 4.69) is 33.0 Å². The summed E-state index contributed by atoms with van der Waals surface area (Å²) < 4.78 is 3.97. The molecule has 72 heavy (non-hydrogen) atoms. The molecule has 8 rings (SSSR count). The Morgan fingerprint density at radius 3 is 1.71 bits per heavy atom. The van der Waals surface area contributed by atoms with Gasteiger partial charge in [-0.2, -0.15) is 0 Å². The molecule has 4 N–H and O–H groups in total. The Hall–Kier alpha value is -5.74. The Morgan fingerprint density at radius 2 is 1.24 bits per heavy atom. The molecule has 382 valence electrons. The molecule has 4 unspecified atom stereocenters. The largest absolute Gasteiger partial charge is 0.478 e. The molecule has 3 aromatic carbocycles. The van der Waals surface area contributed by atoms with Crippen LogP contribution in [0.3, 0.4) is 0 Å². The van der Waals surface area contributed by atoms with Gasteiger partial charge < -0.3 is 30.7 Å². The van der Waals surface area contributed by atoms with Crippen molar-refractivity contribution in [3.05, 3.63) is 157 Å². The maximum atomic E-state index is 13.5. The standard InChI is InChI=1S/C27H29Cl2N3O4.C23H29Cl2N3O.C4H2O3/c1-31(25(34)15-17-4-8-21(28)22(29)14-17)27-20-16-19(30-24(33)10-11-26(35)36)7-5-18(20)6-9-23(27)32-12-2-3-13-32;1-15-6-9-21(28-10-4-5-11-28)23(18(15)12-16(2)26)27(3)22(29)14-17-7-8-19(24)20(25)13-17;5-3-1-2-4(6)7-3/h4-5,7-8,10-11,14,16,23,27H,2-3,6,9,12-13,15H2,1H3,(H,30,33)(H,35,36);7-8,12-13,21,23H,1-2,4-6,9-11,14,26H2,3H3;1-2H/b11-10-;18-12+;. The number of fused-ring (bicyclic) bond motifs is 1. The van der Waals surface area contributed by atoms with E-state index in [4.69, 9.17) is 57.2 Å². The number of ether oxygens (including phenoxy) is 1. The number of benzene rings is 3. The number of hydrogen-bond acceptors (Lipinski definition) is 10. The molecule has 0 bridgehead atoms. The van der Waals surface area contributed by atoms with Crippen molar-refractivity contribution in [2.75, 3.05) is 45.6 Å². The molecule has 1 saturated carbocycles. The van der Waals surface area contributed by atoms with Crippen LogP contribution in [0, 0.1) is 0 Å². The van der Waals surface area contributed by atoms with Crippen LogP contribution in [0.1, 0.15) is 73.2 Å². The number of carboxylic acids is 1. The molecule has 0 spiro atoms. The summed E-state index contributed by atoms with van der Waals surface area (Å²) >= 11 is 24.3. The summed E-state index contributed by atoms with van der Waals surface area (Å²) in [5.41, 5.74) is 12.8. The number of hydrogen-bond donors (Lipinski definition) is 3. The van der Waals surface area contributed by atoms with Crippen LogP contribution in [-0.4, -0.2) is 119 Å². The molecule has 18 heteroatoms. The minimum atomic E-state index is -1.19. The number of likely N-dealkylation sites (tertiary alicyclic amines) is 2. The first-order valence-corrected chi connectivity index (χ1v) is 25.3. The van der Waals surface area contributed by atoms with Crippen molar-refractivity contribution >= 4 is 87.7 Å². The van der Waals surface area contributed by atoms with Gasteiger partial charge in [0, 0.05) is 61.9 Å². The Labute approximate surface area is 440 Å². The molecule has 2 aliphatic carbocycles. The molecule has 3 aromatic rings. The summed E-state index contributed by atoms with van der Waals surface area (Å²) in [6.45, 7) is 12.2. The van der Waals surface area contributed by atoms with Gasteiger partial charge in [-0.3, -0.25) is 24.2 Å². The summed E-state index contributed by atoms with van der Waals surface area (Å²) in [6.07, 6.45) is 14.7. The highest BCUT2D eigenvalue weighted by Crippen LogP contribution is 2.40. The fraction of sp³-hybridized carbons (Fsp3) is 0.370. The average molecular weight is 1060 g/mol.